The zero-order valence-corrected chi connectivity index (χ0v) is 7.44. The molecule has 1 radical (unpaired) electrons. The van der Waals surface area contributed by atoms with Crippen molar-refractivity contribution < 1.29 is 4.39 Å². The van der Waals surface area contributed by atoms with Crippen LogP contribution in [0.25, 0.3) is 0 Å². The Morgan fingerprint density at radius 1 is 1.31 bits per heavy atom. The summed E-state index contributed by atoms with van der Waals surface area (Å²) in [6, 6.07) is 6.13. The molecule has 1 aromatic carbocycles. The summed E-state index contributed by atoms with van der Waals surface area (Å²) < 4.78 is 12.5. The highest BCUT2D eigenvalue weighted by Gasteiger charge is 1.96. The van der Waals surface area contributed by atoms with E-state index in [1.807, 2.05) is 0 Å². The first-order valence-electron chi connectivity index (χ1n) is 3.69. The minimum atomic E-state index is -0.240. The van der Waals surface area contributed by atoms with Gasteiger partial charge < -0.3 is 5.32 Å². The SMILES string of the molecule is Fc1ccc(Nc2nc[c]s2)cc1. The van der Waals surface area contributed by atoms with E-state index in [-0.39, 0.29) is 5.82 Å². The van der Waals surface area contributed by atoms with Crippen molar-refractivity contribution >= 4 is 22.2 Å². The molecule has 1 N–H and O–H groups in total. The minimum Gasteiger partial charge on any atom is -0.332 e. The molecule has 1 heterocycles. The number of rotatable bonds is 2. The van der Waals surface area contributed by atoms with Crippen LogP contribution in [0.2, 0.25) is 0 Å². The molecule has 0 aliphatic rings. The van der Waals surface area contributed by atoms with Crippen molar-refractivity contribution in [2.75, 3.05) is 5.32 Å². The number of nitrogens with one attached hydrogen (secondary N) is 1. The highest BCUT2D eigenvalue weighted by molar-refractivity contribution is 7.13. The van der Waals surface area contributed by atoms with Gasteiger partial charge in [-0.1, -0.05) is 11.3 Å². The van der Waals surface area contributed by atoms with Crippen LogP contribution < -0.4 is 5.32 Å². The highest BCUT2D eigenvalue weighted by atomic mass is 32.1. The summed E-state index contributed by atoms with van der Waals surface area (Å²) in [7, 11) is 0. The molecule has 2 nitrogen and oxygen atoms in total. The maximum atomic E-state index is 12.5. The van der Waals surface area contributed by atoms with E-state index in [2.05, 4.69) is 15.7 Å². The first-order valence-corrected chi connectivity index (χ1v) is 4.51. The van der Waals surface area contributed by atoms with Crippen molar-refractivity contribution in [2.24, 2.45) is 0 Å². The second-order valence-electron chi connectivity index (χ2n) is 2.42. The van der Waals surface area contributed by atoms with Gasteiger partial charge in [-0.3, -0.25) is 0 Å². The van der Waals surface area contributed by atoms with Gasteiger partial charge >= 0.3 is 0 Å². The Hall–Kier alpha value is -1.42. The van der Waals surface area contributed by atoms with Crippen LogP contribution in [0.3, 0.4) is 0 Å². The number of nitrogens with zero attached hydrogens (tertiary/aromatic N) is 1. The summed E-state index contributed by atoms with van der Waals surface area (Å²) >= 11 is 1.38. The van der Waals surface area contributed by atoms with E-state index in [0.29, 0.717) is 0 Å². The maximum Gasteiger partial charge on any atom is 0.187 e. The summed E-state index contributed by atoms with van der Waals surface area (Å²) in [4.78, 5) is 3.99. The average Bonchev–Trinajstić information content (AvgIpc) is 2.62. The predicted molar refractivity (Wildman–Crippen MR) is 50.6 cm³/mol. The van der Waals surface area contributed by atoms with Crippen molar-refractivity contribution in [1.82, 2.24) is 4.98 Å². The average molecular weight is 193 g/mol. The second-order valence-corrected chi connectivity index (χ2v) is 3.24. The largest absolute Gasteiger partial charge is 0.332 e. The molecule has 65 valence electrons. The molecule has 0 unspecified atom stereocenters. The number of benzene rings is 1. The standard InChI is InChI=1S/C9H6FN2S/c10-7-1-3-8(4-2-7)12-9-11-5-6-13-9/h1-5H,(H,11,12). The van der Waals surface area contributed by atoms with Crippen molar-refractivity contribution in [1.29, 1.82) is 0 Å². The van der Waals surface area contributed by atoms with Gasteiger partial charge in [-0.2, -0.15) is 0 Å². The zero-order valence-electron chi connectivity index (χ0n) is 6.62. The molecular weight excluding hydrogens is 187 g/mol. The molecule has 1 aromatic heterocycles. The number of aromatic nitrogens is 1. The van der Waals surface area contributed by atoms with E-state index in [9.17, 15) is 4.39 Å². The fourth-order valence-corrected chi connectivity index (χ4v) is 1.40. The van der Waals surface area contributed by atoms with Crippen molar-refractivity contribution in [3.05, 3.63) is 41.7 Å². The molecule has 0 saturated carbocycles. The van der Waals surface area contributed by atoms with Crippen molar-refractivity contribution in [3.8, 4) is 0 Å². The van der Waals surface area contributed by atoms with E-state index in [1.165, 1.54) is 23.5 Å². The predicted octanol–water partition coefficient (Wildman–Crippen LogP) is 2.83. The van der Waals surface area contributed by atoms with E-state index < -0.39 is 0 Å². The summed E-state index contributed by atoms with van der Waals surface area (Å²) in [6.45, 7) is 0. The summed E-state index contributed by atoms with van der Waals surface area (Å²) in [5, 5.41) is 6.63. The van der Waals surface area contributed by atoms with Crippen LogP contribution in [-0.4, -0.2) is 4.98 Å². The number of thiazole rings is 1. The van der Waals surface area contributed by atoms with Crippen LogP contribution in [0.15, 0.2) is 30.5 Å². The third-order valence-electron chi connectivity index (χ3n) is 1.49. The number of hydrogen-bond donors (Lipinski definition) is 1. The lowest BCUT2D eigenvalue weighted by Gasteiger charge is -2.00. The van der Waals surface area contributed by atoms with Gasteiger partial charge in [-0.25, -0.2) is 9.37 Å². The fourth-order valence-electron chi connectivity index (χ4n) is 0.908. The second kappa shape index (κ2) is 3.53. The van der Waals surface area contributed by atoms with Crippen LogP contribution >= 0.6 is 11.3 Å². The van der Waals surface area contributed by atoms with Gasteiger partial charge in [0.1, 0.15) is 5.82 Å². The Morgan fingerprint density at radius 2 is 2.08 bits per heavy atom. The Labute approximate surface area is 79.1 Å². The molecule has 0 spiro atoms. The first-order chi connectivity index (χ1) is 6.34. The highest BCUT2D eigenvalue weighted by Crippen LogP contribution is 2.17. The molecule has 0 aliphatic heterocycles. The normalized spacial score (nSPS) is 9.92. The van der Waals surface area contributed by atoms with Crippen LogP contribution in [0.4, 0.5) is 15.2 Å². The summed E-state index contributed by atoms with van der Waals surface area (Å²) in [5.41, 5.74) is 0.824. The van der Waals surface area contributed by atoms with Gasteiger partial charge in [-0.05, 0) is 24.3 Å². The molecule has 0 saturated heterocycles. The molecular formula is C9H6FN2S. The molecule has 0 atom stereocenters. The molecule has 13 heavy (non-hydrogen) atoms. The van der Waals surface area contributed by atoms with Gasteiger partial charge in [0, 0.05) is 11.9 Å². The summed E-state index contributed by atoms with van der Waals surface area (Å²) in [6.07, 6.45) is 1.59. The first kappa shape index (κ1) is 8.19. The third-order valence-corrected chi connectivity index (χ3v) is 2.11. The van der Waals surface area contributed by atoms with Gasteiger partial charge in [0.15, 0.2) is 5.13 Å². The third kappa shape index (κ3) is 2.03. The Balaban J connectivity index is 2.15. The van der Waals surface area contributed by atoms with E-state index >= 15 is 0 Å². The lowest BCUT2D eigenvalue weighted by Crippen LogP contribution is -1.88. The quantitative estimate of drug-likeness (QED) is 0.793. The summed E-state index contributed by atoms with van der Waals surface area (Å²) in [5.74, 6) is -0.240. The molecule has 2 aromatic rings. The number of halogens is 1. The fraction of sp³-hybridized carbons (Fsp3) is 0. The van der Waals surface area contributed by atoms with E-state index in [0.717, 1.165) is 10.8 Å². The van der Waals surface area contributed by atoms with Gasteiger partial charge in [0.05, 0.1) is 5.38 Å². The lowest BCUT2D eigenvalue weighted by molar-refractivity contribution is 0.628. The Bertz CT molecular complexity index is 369. The number of anilines is 2. The maximum absolute atomic E-state index is 12.5. The van der Waals surface area contributed by atoms with Gasteiger partial charge in [0.2, 0.25) is 0 Å². The number of hydrogen-bond acceptors (Lipinski definition) is 3. The van der Waals surface area contributed by atoms with Gasteiger partial charge in [0.25, 0.3) is 0 Å². The Kier molecular flexibility index (Phi) is 2.23. The van der Waals surface area contributed by atoms with Crippen LogP contribution in [-0.2, 0) is 0 Å². The minimum absolute atomic E-state index is 0.240. The van der Waals surface area contributed by atoms with Gasteiger partial charge in [-0.15, -0.1) is 0 Å². The smallest absolute Gasteiger partial charge is 0.187 e. The van der Waals surface area contributed by atoms with Crippen molar-refractivity contribution in [3.63, 3.8) is 0 Å². The van der Waals surface area contributed by atoms with Crippen molar-refractivity contribution in [2.45, 2.75) is 0 Å². The van der Waals surface area contributed by atoms with E-state index in [1.54, 1.807) is 18.3 Å². The molecule has 2 rings (SSSR count). The Morgan fingerprint density at radius 3 is 2.69 bits per heavy atom. The molecule has 0 bridgehead atoms. The topological polar surface area (TPSA) is 24.9 Å². The monoisotopic (exact) mass is 193 g/mol. The lowest BCUT2D eigenvalue weighted by atomic mass is 10.3. The van der Waals surface area contributed by atoms with Crippen LogP contribution in [0, 0.1) is 11.2 Å². The molecule has 0 aliphatic carbocycles. The molecule has 0 fully saturated rings. The van der Waals surface area contributed by atoms with E-state index in [4.69, 9.17) is 0 Å². The molecule has 0 amide bonds. The molecule has 4 heteroatoms. The van der Waals surface area contributed by atoms with Crippen LogP contribution in [0.1, 0.15) is 0 Å². The van der Waals surface area contributed by atoms with Crippen LogP contribution in [0.5, 0.6) is 0 Å². The zero-order chi connectivity index (χ0) is 9.10.